The van der Waals surface area contributed by atoms with E-state index in [4.69, 9.17) is 11.6 Å². The molecule has 2 rings (SSSR count). The number of halogens is 1. The SMILES string of the molecule is CC(C)Sc1c(Cl)cccc1NC(=O)NC1CCC(O)CC1. The number of urea groups is 1. The summed E-state index contributed by atoms with van der Waals surface area (Å²) < 4.78 is 0. The maximum atomic E-state index is 12.2. The molecule has 0 saturated heterocycles. The van der Waals surface area contributed by atoms with Gasteiger partial charge in [-0.3, -0.25) is 0 Å². The van der Waals surface area contributed by atoms with E-state index >= 15 is 0 Å². The topological polar surface area (TPSA) is 61.4 Å². The second-order valence-electron chi connectivity index (χ2n) is 5.89. The number of carbonyl (C=O) groups excluding carboxylic acids is 1. The van der Waals surface area contributed by atoms with E-state index in [1.54, 1.807) is 11.8 Å². The molecule has 1 fully saturated rings. The lowest BCUT2D eigenvalue weighted by Crippen LogP contribution is -2.41. The van der Waals surface area contributed by atoms with Gasteiger partial charge >= 0.3 is 6.03 Å². The van der Waals surface area contributed by atoms with Crippen molar-refractivity contribution < 1.29 is 9.90 Å². The van der Waals surface area contributed by atoms with Gasteiger partial charge in [0.25, 0.3) is 0 Å². The van der Waals surface area contributed by atoms with Crippen molar-refractivity contribution in [1.82, 2.24) is 5.32 Å². The lowest BCUT2D eigenvalue weighted by Gasteiger charge is -2.26. The summed E-state index contributed by atoms with van der Waals surface area (Å²) in [6, 6.07) is 5.44. The molecule has 0 bridgehead atoms. The average molecular weight is 343 g/mol. The van der Waals surface area contributed by atoms with Gasteiger partial charge in [0.1, 0.15) is 0 Å². The number of amides is 2. The standard InChI is InChI=1S/C16H23ClN2O2S/c1-10(2)22-15-13(17)4-3-5-14(15)19-16(21)18-11-6-8-12(20)9-7-11/h3-5,10-12,20H,6-9H2,1-2H3,(H2,18,19,21). The summed E-state index contributed by atoms with van der Waals surface area (Å²) in [5.74, 6) is 0. The normalized spacial score (nSPS) is 21.7. The van der Waals surface area contributed by atoms with Gasteiger partial charge in [0, 0.05) is 16.2 Å². The molecule has 1 saturated carbocycles. The first-order chi connectivity index (χ1) is 10.5. The maximum absolute atomic E-state index is 12.2. The Bertz CT molecular complexity index is 517. The minimum absolute atomic E-state index is 0.129. The van der Waals surface area contributed by atoms with Gasteiger partial charge in [-0.1, -0.05) is 31.5 Å². The van der Waals surface area contributed by atoms with Crippen molar-refractivity contribution in [2.24, 2.45) is 0 Å². The van der Waals surface area contributed by atoms with Gasteiger partial charge in [0.05, 0.1) is 16.8 Å². The lowest BCUT2D eigenvalue weighted by molar-refractivity contribution is 0.118. The van der Waals surface area contributed by atoms with Crippen molar-refractivity contribution in [1.29, 1.82) is 0 Å². The molecule has 0 unspecified atom stereocenters. The largest absolute Gasteiger partial charge is 0.393 e. The highest BCUT2D eigenvalue weighted by molar-refractivity contribution is 8.00. The molecule has 122 valence electrons. The number of aliphatic hydroxyl groups is 1. The van der Waals surface area contributed by atoms with Crippen LogP contribution in [0.4, 0.5) is 10.5 Å². The number of aliphatic hydroxyl groups excluding tert-OH is 1. The number of hydrogen-bond acceptors (Lipinski definition) is 3. The Balaban J connectivity index is 1.98. The third-order valence-corrected chi connectivity index (χ3v) is 5.17. The second-order valence-corrected chi connectivity index (χ2v) is 7.88. The van der Waals surface area contributed by atoms with Gasteiger partial charge in [-0.15, -0.1) is 11.8 Å². The molecule has 1 aliphatic carbocycles. The van der Waals surface area contributed by atoms with Gasteiger partial charge < -0.3 is 15.7 Å². The average Bonchev–Trinajstić information content (AvgIpc) is 2.45. The molecule has 0 radical (unpaired) electrons. The van der Waals surface area contributed by atoms with Crippen molar-refractivity contribution in [3.8, 4) is 0 Å². The molecule has 0 aliphatic heterocycles. The highest BCUT2D eigenvalue weighted by Crippen LogP contribution is 2.36. The van der Waals surface area contributed by atoms with Crippen molar-refractivity contribution in [2.75, 3.05) is 5.32 Å². The van der Waals surface area contributed by atoms with E-state index < -0.39 is 0 Å². The summed E-state index contributed by atoms with van der Waals surface area (Å²) in [7, 11) is 0. The Labute approximate surface area is 141 Å². The van der Waals surface area contributed by atoms with Crippen molar-refractivity contribution in [3.63, 3.8) is 0 Å². The number of rotatable bonds is 4. The molecule has 2 amide bonds. The predicted octanol–water partition coefficient (Wildman–Crippen LogP) is 4.27. The molecule has 1 aliphatic rings. The summed E-state index contributed by atoms with van der Waals surface area (Å²) in [5.41, 5.74) is 0.736. The third-order valence-electron chi connectivity index (χ3n) is 3.60. The van der Waals surface area contributed by atoms with Gasteiger partial charge in [0.2, 0.25) is 0 Å². The zero-order valence-electron chi connectivity index (χ0n) is 12.9. The Morgan fingerprint density at radius 3 is 2.64 bits per heavy atom. The molecule has 0 aromatic heterocycles. The highest BCUT2D eigenvalue weighted by atomic mass is 35.5. The number of carbonyl (C=O) groups is 1. The molecule has 6 heteroatoms. The summed E-state index contributed by atoms with van der Waals surface area (Å²) in [6.45, 7) is 4.18. The minimum Gasteiger partial charge on any atom is -0.393 e. The highest BCUT2D eigenvalue weighted by Gasteiger charge is 2.21. The van der Waals surface area contributed by atoms with Crippen LogP contribution in [0.15, 0.2) is 23.1 Å². The fraction of sp³-hybridized carbons (Fsp3) is 0.562. The van der Waals surface area contributed by atoms with Crippen LogP contribution in [0.25, 0.3) is 0 Å². The molecule has 1 aromatic carbocycles. The quantitative estimate of drug-likeness (QED) is 0.716. The molecule has 0 atom stereocenters. The number of nitrogens with one attached hydrogen (secondary N) is 2. The summed E-state index contributed by atoms with van der Waals surface area (Å²) in [5, 5.41) is 16.4. The zero-order chi connectivity index (χ0) is 16.1. The molecule has 0 spiro atoms. The maximum Gasteiger partial charge on any atom is 0.319 e. The van der Waals surface area contributed by atoms with Crippen LogP contribution < -0.4 is 10.6 Å². The molecular weight excluding hydrogens is 320 g/mol. The smallest absolute Gasteiger partial charge is 0.319 e. The second kappa shape index (κ2) is 8.09. The van der Waals surface area contributed by atoms with Crippen molar-refractivity contribution in [2.45, 2.75) is 61.8 Å². The predicted molar refractivity (Wildman–Crippen MR) is 92.9 cm³/mol. The van der Waals surface area contributed by atoms with Gasteiger partial charge in [-0.2, -0.15) is 0 Å². The van der Waals surface area contributed by atoms with Gasteiger partial charge in [0.15, 0.2) is 0 Å². The number of benzene rings is 1. The van der Waals surface area contributed by atoms with Crippen LogP contribution in [-0.2, 0) is 0 Å². The minimum atomic E-state index is -0.219. The van der Waals surface area contributed by atoms with E-state index in [9.17, 15) is 9.90 Å². The number of hydrogen-bond donors (Lipinski definition) is 3. The molecule has 3 N–H and O–H groups in total. The van der Waals surface area contributed by atoms with Crippen LogP contribution in [0.2, 0.25) is 5.02 Å². The number of anilines is 1. The van der Waals surface area contributed by atoms with Crippen LogP contribution >= 0.6 is 23.4 Å². The van der Waals surface area contributed by atoms with Crippen LogP contribution in [0, 0.1) is 0 Å². The van der Waals surface area contributed by atoms with Crippen LogP contribution in [-0.4, -0.2) is 28.5 Å². The van der Waals surface area contributed by atoms with Crippen LogP contribution in [0.1, 0.15) is 39.5 Å². The summed E-state index contributed by atoms with van der Waals surface area (Å²) in [4.78, 5) is 13.1. The van der Waals surface area contributed by atoms with Gasteiger partial charge in [-0.05, 0) is 37.8 Å². The Hall–Kier alpha value is -0.910. The van der Waals surface area contributed by atoms with E-state index in [1.165, 1.54) is 0 Å². The third kappa shape index (κ3) is 5.07. The monoisotopic (exact) mass is 342 g/mol. The van der Waals surface area contributed by atoms with Gasteiger partial charge in [-0.25, -0.2) is 4.79 Å². The van der Waals surface area contributed by atoms with Crippen LogP contribution in [0.3, 0.4) is 0 Å². The van der Waals surface area contributed by atoms with E-state index in [-0.39, 0.29) is 18.2 Å². The lowest BCUT2D eigenvalue weighted by atomic mass is 9.93. The van der Waals surface area contributed by atoms with E-state index in [0.717, 1.165) is 36.3 Å². The van der Waals surface area contributed by atoms with E-state index in [2.05, 4.69) is 24.5 Å². The molecule has 4 nitrogen and oxygen atoms in total. The fourth-order valence-corrected chi connectivity index (χ4v) is 3.73. The number of thioether (sulfide) groups is 1. The van der Waals surface area contributed by atoms with Crippen molar-refractivity contribution in [3.05, 3.63) is 23.2 Å². The first kappa shape index (κ1) is 17.4. The summed E-state index contributed by atoms with van der Waals surface area (Å²) in [6.07, 6.45) is 2.91. The Morgan fingerprint density at radius 2 is 2.00 bits per heavy atom. The Kier molecular flexibility index (Phi) is 6.41. The molecule has 22 heavy (non-hydrogen) atoms. The molecule has 1 aromatic rings. The van der Waals surface area contributed by atoms with E-state index in [0.29, 0.717) is 10.3 Å². The fourth-order valence-electron chi connectivity index (χ4n) is 2.53. The summed E-state index contributed by atoms with van der Waals surface area (Å²) >= 11 is 7.88. The molecular formula is C16H23ClN2O2S. The molecule has 0 heterocycles. The van der Waals surface area contributed by atoms with Crippen LogP contribution in [0.5, 0.6) is 0 Å². The first-order valence-corrected chi connectivity index (χ1v) is 8.92. The van der Waals surface area contributed by atoms with Crippen molar-refractivity contribution >= 4 is 35.1 Å². The Morgan fingerprint density at radius 1 is 1.32 bits per heavy atom. The zero-order valence-corrected chi connectivity index (χ0v) is 14.5. The van der Waals surface area contributed by atoms with E-state index in [1.807, 2.05) is 18.2 Å². The first-order valence-electron chi connectivity index (χ1n) is 7.66.